The SMILES string of the molecule is c1ccc2c(c1)Oc1ccccc1N2c1cc(-c2nc3ccccc3o2)ccc1-c1ccc(-c2nc3ccccc3s2)cc1N1c2ccccc2Oc2ccccc21. The topological polar surface area (TPSA) is 63.9 Å². The third-order valence-electron chi connectivity index (χ3n) is 10.7. The average Bonchev–Trinajstić information content (AvgIpc) is 3.92. The Morgan fingerprint density at radius 3 is 1.41 bits per heavy atom. The average molecular weight is 767 g/mol. The molecule has 0 radical (unpaired) electrons. The largest absolute Gasteiger partial charge is 0.453 e. The van der Waals surface area contributed by atoms with Crippen LogP contribution >= 0.6 is 11.3 Å². The predicted molar refractivity (Wildman–Crippen MR) is 233 cm³/mol. The highest BCUT2D eigenvalue weighted by Crippen LogP contribution is 2.57. The summed E-state index contributed by atoms with van der Waals surface area (Å²) in [6.45, 7) is 0. The van der Waals surface area contributed by atoms with Crippen molar-refractivity contribution in [1.82, 2.24) is 9.97 Å². The molecule has 0 spiro atoms. The second-order valence-electron chi connectivity index (χ2n) is 14.2. The highest BCUT2D eigenvalue weighted by Gasteiger charge is 2.32. The summed E-state index contributed by atoms with van der Waals surface area (Å²) in [5, 5.41) is 0.950. The van der Waals surface area contributed by atoms with Gasteiger partial charge in [-0.25, -0.2) is 9.97 Å². The summed E-state index contributed by atoms with van der Waals surface area (Å²) in [5.74, 6) is 3.63. The van der Waals surface area contributed by atoms with Crippen molar-refractivity contribution in [3.05, 3.63) is 182 Å². The number of oxazole rings is 1. The number of anilines is 6. The Balaban J connectivity index is 1.15. The number of fused-ring (bicyclic) bond motifs is 6. The molecule has 58 heavy (non-hydrogen) atoms. The van der Waals surface area contributed by atoms with Crippen LogP contribution in [0.1, 0.15) is 0 Å². The number of hydrogen-bond donors (Lipinski definition) is 0. The van der Waals surface area contributed by atoms with Gasteiger partial charge in [0.15, 0.2) is 28.6 Å². The van der Waals surface area contributed by atoms with E-state index >= 15 is 0 Å². The molecule has 274 valence electrons. The molecule has 0 saturated heterocycles. The molecule has 0 aliphatic carbocycles. The molecule has 0 bridgehead atoms. The Bertz CT molecular complexity index is 2870. The molecule has 0 atom stereocenters. The van der Waals surface area contributed by atoms with Crippen LogP contribution in [0.25, 0.3) is 54.5 Å². The molecular weight excluding hydrogens is 737 g/mol. The molecule has 2 aromatic heterocycles. The van der Waals surface area contributed by atoms with Crippen LogP contribution in [0.5, 0.6) is 23.0 Å². The minimum atomic E-state index is 0.547. The van der Waals surface area contributed by atoms with Crippen LogP contribution in [0.2, 0.25) is 0 Å². The number of hydrogen-bond acceptors (Lipinski definition) is 8. The van der Waals surface area contributed by atoms with Gasteiger partial charge in [-0.2, -0.15) is 0 Å². The lowest BCUT2D eigenvalue weighted by atomic mass is 9.95. The minimum Gasteiger partial charge on any atom is -0.453 e. The number of para-hydroxylation sites is 11. The predicted octanol–water partition coefficient (Wildman–Crippen LogP) is 14.6. The summed E-state index contributed by atoms with van der Waals surface area (Å²) in [4.78, 5) is 14.6. The van der Waals surface area contributed by atoms with Crippen molar-refractivity contribution >= 4 is 66.8 Å². The number of benzene rings is 8. The first-order chi connectivity index (χ1) is 28.7. The van der Waals surface area contributed by atoms with Gasteiger partial charge >= 0.3 is 0 Å². The van der Waals surface area contributed by atoms with Crippen molar-refractivity contribution in [2.75, 3.05) is 9.80 Å². The molecule has 0 amide bonds. The van der Waals surface area contributed by atoms with Crippen LogP contribution in [-0.4, -0.2) is 9.97 Å². The summed E-state index contributed by atoms with van der Waals surface area (Å²) in [7, 11) is 0. The fraction of sp³-hybridized carbons (Fsp3) is 0. The van der Waals surface area contributed by atoms with E-state index in [0.717, 1.165) is 106 Å². The second-order valence-corrected chi connectivity index (χ2v) is 15.2. The summed E-state index contributed by atoms with van der Waals surface area (Å²) in [5.41, 5.74) is 12.1. The number of aromatic nitrogens is 2. The zero-order chi connectivity index (χ0) is 38.2. The van der Waals surface area contributed by atoms with Crippen LogP contribution in [0.3, 0.4) is 0 Å². The van der Waals surface area contributed by atoms with Gasteiger partial charge in [-0.1, -0.05) is 91.0 Å². The van der Waals surface area contributed by atoms with Gasteiger partial charge in [0.2, 0.25) is 5.89 Å². The van der Waals surface area contributed by atoms with Gasteiger partial charge in [0.1, 0.15) is 10.5 Å². The van der Waals surface area contributed by atoms with E-state index in [1.54, 1.807) is 11.3 Å². The lowest BCUT2D eigenvalue weighted by Gasteiger charge is -2.36. The first-order valence-electron chi connectivity index (χ1n) is 19.1. The van der Waals surface area contributed by atoms with Gasteiger partial charge in [0.25, 0.3) is 0 Å². The lowest BCUT2D eigenvalue weighted by molar-refractivity contribution is 0.476. The van der Waals surface area contributed by atoms with Crippen molar-refractivity contribution < 1.29 is 13.9 Å². The van der Waals surface area contributed by atoms with Crippen LogP contribution in [0, 0.1) is 0 Å². The van der Waals surface area contributed by atoms with Crippen LogP contribution in [-0.2, 0) is 0 Å². The zero-order valence-corrected chi connectivity index (χ0v) is 31.6. The molecule has 7 nitrogen and oxygen atoms in total. The maximum Gasteiger partial charge on any atom is 0.227 e. The van der Waals surface area contributed by atoms with Crippen LogP contribution in [0.4, 0.5) is 34.1 Å². The summed E-state index contributed by atoms with van der Waals surface area (Å²) < 4.78 is 20.6. The van der Waals surface area contributed by atoms with Gasteiger partial charge in [-0.3, -0.25) is 0 Å². The molecule has 0 unspecified atom stereocenters. The normalized spacial score (nSPS) is 12.7. The fourth-order valence-electron chi connectivity index (χ4n) is 8.07. The highest BCUT2D eigenvalue weighted by molar-refractivity contribution is 7.21. The van der Waals surface area contributed by atoms with E-state index in [2.05, 4.69) is 101 Å². The second kappa shape index (κ2) is 12.9. The van der Waals surface area contributed by atoms with E-state index < -0.39 is 0 Å². The summed E-state index contributed by atoms with van der Waals surface area (Å²) in [6, 6.07) is 62.1. The minimum absolute atomic E-state index is 0.547. The third kappa shape index (κ3) is 5.19. The Morgan fingerprint density at radius 1 is 0.397 bits per heavy atom. The lowest BCUT2D eigenvalue weighted by Crippen LogP contribution is -2.18. The van der Waals surface area contributed by atoms with Gasteiger partial charge in [-0.15, -0.1) is 11.3 Å². The van der Waals surface area contributed by atoms with Crippen molar-refractivity contribution in [3.8, 4) is 56.2 Å². The molecule has 0 saturated carbocycles. The van der Waals surface area contributed by atoms with Crippen LogP contribution < -0.4 is 19.3 Å². The Labute approximate surface area is 337 Å². The van der Waals surface area contributed by atoms with Crippen molar-refractivity contribution in [3.63, 3.8) is 0 Å². The van der Waals surface area contributed by atoms with Crippen molar-refractivity contribution in [2.45, 2.75) is 0 Å². The molecule has 0 fully saturated rings. The smallest absolute Gasteiger partial charge is 0.227 e. The van der Waals surface area contributed by atoms with Gasteiger partial charge in [0.05, 0.1) is 44.3 Å². The summed E-state index contributed by atoms with van der Waals surface area (Å²) >= 11 is 1.70. The molecule has 4 heterocycles. The Morgan fingerprint density at radius 2 is 0.862 bits per heavy atom. The van der Waals surface area contributed by atoms with E-state index in [9.17, 15) is 0 Å². The van der Waals surface area contributed by atoms with E-state index in [1.807, 2.05) is 91.0 Å². The molecule has 8 aromatic carbocycles. The third-order valence-corrected chi connectivity index (χ3v) is 11.8. The first kappa shape index (κ1) is 32.6. The molecule has 12 rings (SSSR count). The molecule has 8 heteroatoms. The number of thiazole rings is 1. The quantitative estimate of drug-likeness (QED) is 0.173. The molecule has 0 N–H and O–H groups in total. The van der Waals surface area contributed by atoms with E-state index in [-0.39, 0.29) is 0 Å². The zero-order valence-electron chi connectivity index (χ0n) is 30.7. The van der Waals surface area contributed by atoms with E-state index in [4.69, 9.17) is 23.9 Å². The van der Waals surface area contributed by atoms with Gasteiger partial charge in [-0.05, 0) is 91.0 Å². The number of rotatable bonds is 5. The maximum absolute atomic E-state index is 6.52. The van der Waals surface area contributed by atoms with Crippen molar-refractivity contribution in [2.24, 2.45) is 0 Å². The Kier molecular flexibility index (Phi) is 7.26. The van der Waals surface area contributed by atoms with Crippen LogP contribution in [0.15, 0.2) is 186 Å². The molecule has 10 aromatic rings. The highest BCUT2D eigenvalue weighted by atomic mass is 32.1. The molecule has 2 aliphatic rings. The fourth-order valence-corrected chi connectivity index (χ4v) is 9.04. The summed E-state index contributed by atoms with van der Waals surface area (Å²) in [6.07, 6.45) is 0. The molecule has 2 aliphatic heterocycles. The standard InChI is InChI=1S/C50H30N4O3S/c1-7-19-43-35(13-1)51-49(57-43)31-25-27-33(41(29-31)53-37-15-3-8-20-44(37)55-45-21-9-4-16-38(45)53)34-28-26-32(50-52-36-14-2-12-24-48(36)58-50)30-42(34)54-39-17-5-10-22-46(39)56-47-23-11-6-18-40(47)54/h1-30H. The van der Waals surface area contributed by atoms with Gasteiger partial charge in [0, 0.05) is 22.3 Å². The number of nitrogens with zero attached hydrogens (tertiary/aromatic N) is 4. The van der Waals surface area contributed by atoms with Gasteiger partial charge < -0.3 is 23.7 Å². The van der Waals surface area contributed by atoms with Crippen molar-refractivity contribution in [1.29, 1.82) is 0 Å². The maximum atomic E-state index is 6.52. The number of ether oxygens (including phenoxy) is 2. The van der Waals surface area contributed by atoms with E-state index in [1.165, 1.54) is 0 Å². The van der Waals surface area contributed by atoms with E-state index in [0.29, 0.717) is 5.89 Å². The Hall–Kier alpha value is -7.68. The first-order valence-corrected chi connectivity index (χ1v) is 19.9. The monoisotopic (exact) mass is 766 g/mol. The molecular formula is C50H30N4O3S.